The highest BCUT2D eigenvalue weighted by atomic mass is 35.5. The molecule has 1 amide bonds. The van der Waals surface area contributed by atoms with Crippen LogP contribution in [0.25, 0.3) is 0 Å². The summed E-state index contributed by atoms with van der Waals surface area (Å²) < 4.78 is 22.2. The number of carbonyl (C=O) groups excluding carboxylic acids is 1. The van der Waals surface area contributed by atoms with E-state index in [-0.39, 0.29) is 41.4 Å². The Morgan fingerprint density at radius 3 is 2.69 bits per heavy atom. The lowest BCUT2D eigenvalue weighted by Gasteiger charge is -2.47. The Hall–Kier alpha value is -2.39. The molecule has 42 heavy (non-hydrogen) atoms. The van der Waals surface area contributed by atoms with Gasteiger partial charge in [-0.3, -0.25) is 9.52 Å². The molecule has 2 aromatic carbocycles. The van der Waals surface area contributed by atoms with Crippen molar-refractivity contribution in [3.63, 3.8) is 0 Å². The minimum absolute atomic E-state index is 0.00578. The van der Waals surface area contributed by atoms with Crippen molar-refractivity contribution < 1.29 is 24.0 Å². The Labute approximate surface area is 256 Å². The normalized spacial score (nSPS) is 32.5. The average molecular weight is 615 g/mol. The van der Waals surface area contributed by atoms with E-state index < -0.39 is 16.6 Å². The van der Waals surface area contributed by atoms with Crippen molar-refractivity contribution in [3.05, 3.63) is 70.3 Å². The maximum absolute atomic E-state index is 13.3. The third-order valence-corrected chi connectivity index (χ3v) is 11.3. The largest absolute Gasteiger partial charge is 0.491 e. The van der Waals surface area contributed by atoms with Crippen molar-refractivity contribution in [3.8, 4) is 5.75 Å². The second-order valence-corrected chi connectivity index (χ2v) is 14.3. The Kier molecular flexibility index (Phi) is 9.67. The van der Waals surface area contributed by atoms with Gasteiger partial charge in [-0.2, -0.15) is 0 Å². The van der Waals surface area contributed by atoms with Crippen LogP contribution in [-0.4, -0.2) is 57.5 Å². The molecule has 2 aromatic rings. The Bertz CT molecular complexity index is 1350. The van der Waals surface area contributed by atoms with Crippen LogP contribution >= 0.6 is 11.6 Å². The van der Waals surface area contributed by atoms with E-state index in [4.69, 9.17) is 16.3 Å². The monoisotopic (exact) mass is 614 g/mol. The molecule has 2 heterocycles. The minimum Gasteiger partial charge on any atom is -0.491 e. The number of aryl methyl sites for hydroxylation is 1. The molecule has 0 radical (unpaired) electrons. The van der Waals surface area contributed by atoms with Gasteiger partial charge in [-0.05, 0) is 91.8 Å². The van der Waals surface area contributed by atoms with E-state index in [1.807, 2.05) is 44.2 Å². The number of ether oxygens (including phenoxy) is 1. The number of aliphatic hydroxyl groups excluding tert-OH is 1. The molecule has 228 valence electrons. The fourth-order valence-electron chi connectivity index (χ4n) is 6.61. The number of rotatable bonds is 4. The summed E-state index contributed by atoms with van der Waals surface area (Å²) in [6.07, 6.45) is 7.89. The molecule has 7 unspecified atom stereocenters. The summed E-state index contributed by atoms with van der Waals surface area (Å²) in [5.41, 5.74) is 2.33. The predicted octanol–water partition coefficient (Wildman–Crippen LogP) is 5.40. The van der Waals surface area contributed by atoms with Gasteiger partial charge in [0.2, 0.25) is 0 Å². The fourth-order valence-corrected chi connectivity index (χ4v) is 7.82. The molecule has 7 atom stereocenters. The van der Waals surface area contributed by atoms with Gasteiger partial charge in [0, 0.05) is 29.6 Å². The van der Waals surface area contributed by atoms with Gasteiger partial charge in [-0.1, -0.05) is 50.1 Å². The molecule has 9 heteroatoms. The van der Waals surface area contributed by atoms with Crippen molar-refractivity contribution in [2.45, 2.75) is 69.6 Å². The molecular weight excluding hydrogens is 572 g/mol. The molecule has 1 aliphatic carbocycles. The summed E-state index contributed by atoms with van der Waals surface area (Å²) in [6.45, 7) is 7.42. The number of benzene rings is 2. The number of carbonyl (C=O) groups is 1. The molecular formula is C33H43ClN2O5S. The summed E-state index contributed by atoms with van der Waals surface area (Å²) in [7, 11) is -1.59. The van der Waals surface area contributed by atoms with E-state index in [1.54, 1.807) is 12.1 Å². The molecule has 3 aliphatic rings. The van der Waals surface area contributed by atoms with E-state index in [1.165, 1.54) is 11.1 Å². The smallest absolute Gasteiger partial charge is 0.263 e. The number of anilines is 1. The van der Waals surface area contributed by atoms with E-state index in [2.05, 4.69) is 22.6 Å². The molecule has 1 saturated carbocycles. The maximum atomic E-state index is 13.3. The highest BCUT2D eigenvalue weighted by Gasteiger charge is 2.46. The van der Waals surface area contributed by atoms with Crippen molar-refractivity contribution in [1.29, 1.82) is 0 Å². The summed E-state index contributed by atoms with van der Waals surface area (Å²) >= 11 is 6.38. The van der Waals surface area contributed by atoms with Crippen LogP contribution in [-0.2, 0) is 17.4 Å². The van der Waals surface area contributed by atoms with Crippen LogP contribution in [0.4, 0.5) is 5.69 Å². The molecule has 2 aliphatic heterocycles. The predicted molar refractivity (Wildman–Crippen MR) is 169 cm³/mol. The SMILES string of the molecule is CCCc1cc(Cl)ccc1C1COc2ccc3cc2N(C1)CC1CCC1C(O)(CO)/C=C/CC(C)C(C)S(=O)NC3=O. The molecule has 0 aromatic heterocycles. The van der Waals surface area contributed by atoms with Crippen LogP contribution in [0.15, 0.2) is 48.6 Å². The van der Waals surface area contributed by atoms with E-state index in [9.17, 15) is 19.2 Å². The van der Waals surface area contributed by atoms with Gasteiger partial charge in [0.25, 0.3) is 5.91 Å². The third-order valence-electron chi connectivity index (χ3n) is 9.52. The van der Waals surface area contributed by atoms with Gasteiger partial charge >= 0.3 is 0 Å². The molecule has 2 bridgehead atoms. The standard InChI is InChI=1S/C33H43ClN2O5S/c1-4-6-23-15-27(34)10-11-28(23)26-18-36-17-25-8-12-29(25)33(39,20-37)14-5-7-21(2)22(3)42(40)35-32(38)24-9-13-31(41-19-26)30(36)16-24/h5,9-11,13-16,21-22,25-26,29,37,39H,4,6-8,12,17-20H2,1-3H3,(H,35,38)/b14-5+. The first-order valence-corrected chi connectivity index (χ1v) is 16.7. The first-order chi connectivity index (χ1) is 20.1. The molecule has 7 nitrogen and oxygen atoms in total. The number of nitrogens with zero attached hydrogens (tertiary/aromatic N) is 1. The van der Waals surface area contributed by atoms with E-state index >= 15 is 0 Å². The lowest BCUT2D eigenvalue weighted by molar-refractivity contribution is -0.0768. The van der Waals surface area contributed by atoms with Crippen molar-refractivity contribution in [2.24, 2.45) is 17.8 Å². The van der Waals surface area contributed by atoms with Crippen LogP contribution in [0.2, 0.25) is 5.02 Å². The van der Waals surface area contributed by atoms with Gasteiger partial charge in [0.1, 0.15) is 22.3 Å². The quantitative estimate of drug-likeness (QED) is 0.399. The number of hydrogen-bond donors (Lipinski definition) is 3. The summed E-state index contributed by atoms with van der Waals surface area (Å²) in [5, 5.41) is 22.3. The summed E-state index contributed by atoms with van der Waals surface area (Å²) in [6, 6.07) is 11.5. The second kappa shape index (κ2) is 13.1. The number of allylic oxidation sites excluding steroid dienone is 1. The molecule has 1 fully saturated rings. The number of nitrogens with one attached hydrogen (secondary N) is 1. The zero-order valence-electron chi connectivity index (χ0n) is 24.7. The lowest BCUT2D eigenvalue weighted by Crippen LogP contribution is -2.52. The van der Waals surface area contributed by atoms with Crippen molar-refractivity contribution >= 4 is 34.2 Å². The Balaban J connectivity index is 1.55. The van der Waals surface area contributed by atoms with E-state index in [0.717, 1.165) is 36.4 Å². The zero-order chi connectivity index (χ0) is 30.0. The second-order valence-electron chi connectivity index (χ2n) is 12.3. The maximum Gasteiger partial charge on any atom is 0.263 e. The number of amides is 1. The van der Waals surface area contributed by atoms with E-state index in [0.29, 0.717) is 37.4 Å². The van der Waals surface area contributed by atoms with Gasteiger partial charge in [0.05, 0.1) is 24.2 Å². The Morgan fingerprint density at radius 2 is 1.98 bits per heavy atom. The van der Waals surface area contributed by atoms with Crippen LogP contribution < -0.4 is 14.4 Å². The summed E-state index contributed by atoms with van der Waals surface area (Å²) in [4.78, 5) is 15.6. The topological polar surface area (TPSA) is 99.1 Å². The van der Waals surface area contributed by atoms with Gasteiger partial charge in [0.15, 0.2) is 0 Å². The van der Waals surface area contributed by atoms with Crippen LogP contribution in [0, 0.1) is 17.8 Å². The zero-order valence-corrected chi connectivity index (χ0v) is 26.3. The summed E-state index contributed by atoms with van der Waals surface area (Å²) in [5.74, 6) is 0.415. The van der Waals surface area contributed by atoms with Gasteiger partial charge < -0.3 is 19.8 Å². The molecule has 5 rings (SSSR count). The van der Waals surface area contributed by atoms with Crippen LogP contribution in [0.5, 0.6) is 5.75 Å². The van der Waals surface area contributed by atoms with Gasteiger partial charge in [-0.25, -0.2) is 4.21 Å². The molecule has 3 N–H and O–H groups in total. The molecule has 0 saturated heterocycles. The first kappa shape index (κ1) is 31.0. The fraction of sp³-hybridized carbons (Fsp3) is 0.545. The van der Waals surface area contributed by atoms with Crippen LogP contribution in [0.1, 0.15) is 73.9 Å². The Morgan fingerprint density at radius 1 is 1.17 bits per heavy atom. The highest BCUT2D eigenvalue weighted by molar-refractivity contribution is 7.84. The lowest BCUT2D eigenvalue weighted by atomic mass is 9.64. The first-order valence-electron chi connectivity index (χ1n) is 15.2. The number of fused-ring (bicyclic) bond motifs is 2. The van der Waals surface area contributed by atoms with Crippen LogP contribution in [0.3, 0.4) is 0 Å². The molecule has 0 spiro atoms. The number of aliphatic hydroxyl groups is 2. The van der Waals surface area contributed by atoms with Gasteiger partial charge in [-0.15, -0.1) is 0 Å². The number of hydrogen-bond acceptors (Lipinski definition) is 6. The average Bonchev–Trinajstić information content (AvgIpc) is 3.13. The minimum atomic E-state index is -1.59. The third kappa shape index (κ3) is 6.42. The van der Waals surface area contributed by atoms with Crippen molar-refractivity contribution in [1.82, 2.24) is 4.72 Å². The highest BCUT2D eigenvalue weighted by Crippen LogP contribution is 2.45. The van der Waals surface area contributed by atoms with Crippen molar-refractivity contribution in [2.75, 3.05) is 31.2 Å². The number of halogens is 1.